The molecule has 0 aromatic carbocycles. The van der Waals surface area contributed by atoms with Crippen LogP contribution in [0.5, 0.6) is 0 Å². The maximum absolute atomic E-state index is 11.0. The summed E-state index contributed by atoms with van der Waals surface area (Å²) in [6.45, 7) is 1.44. The average Bonchev–Trinajstić information content (AvgIpc) is 3.47. The summed E-state index contributed by atoms with van der Waals surface area (Å²) >= 11 is 6.43. The van der Waals surface area contributed by atoms with Gasteiger partial charge in [0.15, 0.2) is 6.10 Å². The van der Waals surface area contributed by atoms with Crippen molar-refractivity contribution in [3.8, 4) is 0 Å². The molecule has 0 saturated carbocycles. The van der Waals surface area contributed by atoms with E-state index in [1.807, 2.05) is 67.3 Å². The van der Waals surface area contributed by atoms with E-state index in [1.54, 1.807) is 45.3 Å². The van der Waals surface area contributed by atoms with Gasteiger partial charge < -0.3 is 9.84 Å². The standard InChI is InChI=1S/C11H10O2S2.C9H8OS2/c1-8(12)13-11(9-2-4-14-6-9)10-3-5-15-7-10;10-9(7-1-3-11-5-7)8-2-4-12-6-8/h2-7,11H,1H3;1-6,9-10H. The topological polar surface area (TPSA) is 46.5 Å². The fourth-order valence-electron chi connectivity index (χ4n) is 2.40. The molecule has 0 saturated heterocycles. The van der Waals surface area contributed by atoms with Gasteiger partial charge in [-0.25, -0.2) is 0 Å². The van der Waals surface area contributed by atoms with E-state index in [0.717, 1.165) is 22.3 Å². The van der Waals surface area contributed by atoms with Crippen LogP contribution in [0, 0.1) is 0 Å². The number of aliphatic hydroxyl groups excluding tert-OH is 1. The lowest BCUT2D eigenvalue weighted by molar-refractivity contribution is -0.144. The van der Waals surface area contributed by atoms with Crippen LogP contribution in [0.15, 0.2) is 67.3 Å². The third kappa shape index (κ3) is 5.60. The van der Waals surface area contributed by atoms with Crippen molar-refractivity contribution >= 4 is 51.3 Å². The second-order valence-electron chi connectivity index (χ2n) is 5.62. The van der Waals surface area contributed by atoms with Crippen LogP contribution in [-0.2, 0) is 9.53 Å². The number of thiophene rings is 4. The van der Waals surface area contributed by atoms with Crippen molar-refractivity contribution in [1.82, 2.24) is 0 Å². The van der Waals surface area contributed by atoms with Crippen LogP contribution in [0.1, 0.15) is 41.4 Å². The zero-order chi connectivity index (χ0) is 19.1. The molecule has 4 rings (SSSR count). The molecule has 0 bridgehead atoms. The van der Waals surface area contributed by atoms with E-state index in [9.17, 15) is 9.90 Å². The van der Waals surface area contributed by atoms with Crippen molar-refractivity contribution in [1.29, 1.82) is 0 Å². The van der Waals surface area contributed by atoms with Gasteiger partial charge in [0.1, 0.15) is 6.10 Å². The molecule has 0 spiro atoms. The number of carbonyl (C=O) groups is 1. The summed E-state index contributed by atoms with van der Waals surface area (Å²) < 4.78 is 5.31. The molecule has 0 radical (unpaired) electrons. The third-order valence-corrected chi connectivity index (χ3v) is 6.50. The van der Waals surface area contributed by atoms with Crippen molar-refractivity contribution in [2.24, 2.45) is 0 Å². The Morgan fingerprint density at radius 1 is 0.778 bits per heavy atom. The lowest BCUT2D eigenvalue weighted by Crippen LogP contribution is -2.08. The van der Waals surface area contributed by atoms with Gasteiger partial charge in [-0.05, 0) is 78.4 Å². The van der Waals surface area contributed by atoms with Gasteiger partial charge in [-0.15, -0.1) is 0 Å². The summed E-state index contributed by atoms with van der Waals surface area (Å²) in [4.78, 5) is 11.0. The Balaban J connectivity index is 0.000000159. The Labute approximate surface area is 174 Å². The molecule has 0 fully saturated rings. The number of rotatable bonds is 5. The van der Waals surface area contributed by atoms with Crippen LogP contribution >= 0.6 is 45.3 Å². The van der Waals surface area contributed by atoms with Gasteiger partial charge in [-0.1, -0.05) is 0 Å². The van der Waals surface area contributed by atoms with E-state index >= 15 is 0 Å². The molecule has 0 unspecified atom stereocenters. The van der Waals surface area contributed by atoms with Crippen molar-refractivity contribution in [2.45, 2.75) is 19.1 Å². The molecule has 27 heavy (non-hydrogen) atoms. The lowest BCUT2D eigenvalue weighted by atomic mass is 10.1. The fraction of sp³-hybridized carbons (Fsp3) is 0.150. The highest BCUT2D eigenvalue weighted by Crippen LogP contribution is 2.29. The van der Waals surface area contributed by atoms with E-state index in [0.29, 0.717) is 0 Å². The summed E-state index contributed by atoms with van der Waals surface area (Å²) in [5.41, 5.74) is 4.04. The second-order valence-corrected chi connectivity index (χ2v) is 8.74. The number of aliphatic hydroxyl groups is 1. The van der Waals surface area contributed by atoms with Crippen LogP contribution in [0.4, 0.5) is 0 Å². The molecule has 4 aromatic rings. The molecule has 7 heteroatoms. The summed E-state index contributed by atoms with van der Waals surface area (Å²) in [6, 6.07) is 7.87. The maximum atomic E-state index is 11.0. The minimum absolute atomic E-state index is 0.250. The van der Waals surface area contributed by atoms with Gasteiger partial charge in [0.2, 0.25) is 0 Å². The minimum Gasteiger partial charge on any atom is -0.453 e. The molecule has 4 heterocycles. The van der Waals surface area contributed by atoms with E-state index < -0.39 is 6.10 Å². The molecule has 1 N–H and O–H groups in total. The zero-order valence-electron chi connectivity index (χ0n) is 14.5. The van der Waals surface area contributed by atoms with E-state index in [1.165, 1.54) is 6.92 Å². The van der Waals surface area contributed by atoms with Gasteiger partial charge in [0.05, 0.1) is 0 Å². The first-order valence-corrected chi connectivity index (χ1v) is 11.9. The summed E-state index contributed by atoms with van der Waals surface area (Å²) in [5.74, 6) is -0.252. The summed E-state index contributed by atoms with van der Waals surface area (Å²) in [7, 11) is 0. The molecule has 0 aliphatic rings. The number of hydrogen-bond acceptors (Lipinski definition) is 7. The number of esters is 1. The van der Waals surface area contributed by atoms with Gasteiger partial charge in [0.25, 0.3) is 0 Å². The van der Waals surface area contributed by atoms with Crippen molar-refractivity contribution in [3.05, 3.63) is 89.6 Å². The second kappa shape index (κ2) is 9.96. The number of hydrogen-bond donors (Lipinski definition) is 1. The predicted octanol–water partition coefficient (Wildman–Crippen LogP) is 6.35. The van der Waals surface area contributed by atoms with Gasteiger partial charge >= 0.3 is 5.97 Å². The first kappa shape index (κ1) is 20.0. The SMILES string of the molecule is CC(=O)OC(c1ccsc1)c1ccsc1.OC(c1ccsc1)c1ccsc1. The van der Waals surface area contributed by atoms with Gasteiger partial charge in [-0.2, -0.15) is 45.3 Å². The third-order valence-electron chi connectivity index (χ3n) is 3.69. The zero-order valence-corrected chi connectivity index (χ0v) is 17.7. The van der Waals surface area contributed by atoms with E-state index in [4.69, 9.17) is 4.74 Å². The Bertz CT molecular complexity index is 826. The smallest absolute Gasteiger partial charge is 0.303 e. The maximum Gasteiger partial charge on any atom is 0.303 e. The van der Waals surface area contributed by atoms with Crippen LogP contribution in [0.25, 0.3) is 0 Å². The fourth-order valence-corrected chi connectivity index (χ4v) is 5.10. The molecule has 3 nitrogen and oxygen atoms in total. The molecule has 140 valence electrons. The summed E-state index contributed by atoms with van der Waals surface area (Å²) in [5, 5.41) is 25.7. The van der Waals surface area contributed by atoms with Crippen molar-refractivity contribution in [2.75, 3.05) is 0 Å². The normalized spacial score (nSPS) is 10.7. The Kier molecular flexibility index (Phi) is 7.37. The molecule has 0 aliphatic heterocycles. The van der Waals surface area contributed by atoms with Crippen molar-refractivity contribution < 1.29 is 14.6 Å². The molecular weight excluding hydrogens is 416 g/mol. The van der Waals surface area contributed by atoms with Crippen LogP contribution in [0.2, 0.25) is 0 Å². The first-order chi connectivity index (χ1) is 13.1. The van der Waals surface area contributed by atoms with Crippen LogP contribution in [0.3, 0.4) is 0 Å². The quantitative estimate of drug-likeness (QED) is 0.372. The highest BCUT2D eigenvalue weighted by atomic mass is 32.1. The van der Waals surface area contributed by atoms with Crippen LogP contribution < -0.4 is 0 Å². The minimum atomic E-state index is -0.442. The van der Waals surface area contributed by atoms with Gasteiger partial charge in [0, 0.05) is 18.1 Å². The lowest BCUT2D eigenvalue weighted by Gasteiger charge is -2.14. The average molecular weight is 435 g/mol. The largest absolute Gasteiger partial charge is 0.453 e. The van der Waals surface area contributed by atoms with Crippen molar-refractivity contribution in [3.63, 3.8) is 0 Å². The number of ether oxygens (including phenoxy) is 1. The first-order valence-electron chi connectivity index (χ1n) is 8.09. The predicted molar refractivity (Wildman–Crippen MR) is 115 cm³/mol. The molecule has 4 aromatic heterocycles. The number of carbonyl (C=O) groups excluding carboxylic acids is 1. The van der Waals surface area contributed by atoms with Crippen LogP contribution in [-0.4, -0.2) is 11.1 Å². The highest BCUT2D eigenvalue weighted by molar-refractivity contribution is 7.08. The highest BCUT2D eigenvalue weighted by Gasteiger charge is 2.17. The van der Waals surface area contributed by atoms with Gasteiger partial charge in [-0.3, -0.25) is 4.79 Å². The Morgan fingerprint density at radius 3 is 1.44 bits per heavy atom. The molecule has 0 amide bonds. The van der Waals surface area contributed by atoms with E-state index in [2.05, 4.69) is 0 Å². The summed E-state index contributed by atoms with van der Waals surface area (Å²) in [6.07, 6.45) is -0.692. The molecule has 0 atom stereocenters. The molecule has 0 aliphatic carbocycles. The Morgan fingerprint density at radius 2 is 1.15 bits per heavy atom. The Hall–Kier alpha value is -1.77. The van der Waals surface area contributed by atoms with E-state index in [-0.39, 0.29) is 12.1 Å². The molecular formula is C20H18O3S4. The monoisotopic (exact) mass is 434 g/mol.